The topological polar surface area (TPSA) is 74.7 Å². The van der Waals surface area contributed by atoms with Gasteiger partial charge in [-0.3, -0.25) is 4.79 Å². The highest BCUT2D eigenvalue weighted by atomic mass is 32.2. The second-order valence-corrected chi connectivity index (χ2v) is 8.29. The predicted octanol–water partition coefficient (Wildman–Crippen LogP) is 1.44. The molecule has 0 aromatic heterocycles. The minimum atomic E-state index is -3.12. The Morgan fingerprint density at radius 2 is 1.63 bits per heavy atom. The van der Waals surface area contributed by atoms with Crippen molar-refractivity contribution in [3.05, 3.63) is 0 Å². The van der Waals surface area contributed by atoms with Gasteiger partial charge < -0.3 is 5.11 Å². The third kappa shape index (κ3) is 2.79. The van der Waals surface area contributed by atoms with E-state index in [-0.39, 0.29) is 24.4 Å². The third-order valence-corrected chi connectivity index (χ3v) is 6.82. The molecule has 2 aliphatic heterocycles. The van der Waals surface area contributed by atoms with Gasteiger partial charge in [0, 0.05) is 18.5 Å². The van der Waals surface area contributed by atoms with E-state index >= 15 is 0 Å². The molecule has 19 heavy (non-hydrogen) atoms. The second-order valence-electron chi connectivity index (χ2n) is 6.37. The average Bonchev–Trinajstić information content (AvgIpc) is 3.02. The second kappa shape index (κ2) is 4.74. The van der Waals surface area contributed by atoms with Gasteiger partial charge in [-0.25, -0.2) is 8.42 Å². The Labute approximate surface area is 114 Å². The van der Waals surface area contributed by atoms with Crippen molar-refractivity contribution in [1.29, 1.82) is 0 Å². The Bertz CT molecular complexity index is 457. The quantitative estimate of drug-likeness (QED) is 0.830. The molecule has 3 fully saturated rings. The van der Waals surface area contributed by atoms with Gasteiger partial charge in [-0.15, -0.1) is 0 Å². The summed E-state index contributed by atoms with van der Waals surface area (Å²) in [5, 5.41) is 8.88. The zero-order valence-electron chi connectivity index (χ0n) is 11.0. The highest BCUT2D eigenvalue weighted by molar-refractivity contribution is 7.89. The lowest BCUT2D eigenvalue weighted by atomic mass is 9.90. The molecule has 2 heterocycles. The number of hydrogen-bond acceptors (Lipinski definition) is 3. The van der Waals surface area contributed by atoms with Crippen molar-refractivity contribution in [2.75, 3.05) is 5.75 Å². The molecule has 0 amide bonds. The number of aliphatic carboxylic acids is 1. The van der Waals surface area contributed by atoms with Gasteiger partial charge in [0.05, 0.1) is 5.75 Å². The Hall–Kier alpha value is -0.620. The van der Waals surface area contributed by atoms with Gasteiger partial charge in [0.2, 0.25) is 10.0 Å². The number of carboxylic acid groups (broad SMARTS) is 1. The molecule has 1 aliphatic carbocycles. The van der Waals surface area contributed by atoms with E-state index in [1.807, 2.05) is 0 Å². The Balaban J connectivity index is 1.70. The van der Waals surface area contributed by atoms with Crippen LogP contribution in [0.3, 0.4) is 0 Å². The van der Waals surface area contributed by atoms with Crippen LogP contribution in [-0.4, -0.2) is 41.6 Å². The standard InChI is InChI=1S/C13H21NO4S/c15-13(16)7-10-5-11-3-4-12(6-10)14(11)19(17,18)8-9-1-2-9/h9-12H,1-8H2,(H,15,16). The molecule has 1 saturated carbocycles. The first kappa shape index (κ1) is 13.4. The molecular formula is C13H21NO4S. The molecule has 3 aliphatic rings. The molecular weight excluding hydrogens is 266 g/mol. The van der Waals surface area contributed by atoms with E-state index in [0.717, 1.165) is 38.5 Å². The van der Waals surface area contributed by atoms with Gasteiger partial charge in [0.15, 0.2) is 0 Å². The van der Waals surface area contributed by atoms with Crippen molar-refractivity contribution >= 4 is 16.0 Å². The number of carbonyl (C=O) groups is 1. The zero-order chi connectivity index (χ0) is 13.6. The van der Waals surface area contributed by atoms with Gasteiger partial charge >= 0.3 is 5.97 Å². The summed E-state index contributed by atoms with van der Waals surface area (Å²) in [7, 11) is -3.12. The lowest BCUT2D eigenvalue weighted by molar-refractivity contribution is -0.138. The monoisotopic (exact) mass is 287 g/mol. The van der Waals surface area contributed by atoms with Crippen LogP contribution in [0.4, 0.5) is 0 Å². The number of piperidine rings is 1. The highest BCUT2D eigenvalue weighted by Crippen LogP contribution is 2.43. The molecule has 2 saturated heterocycles. The summed E-state index contributed by atoms with van der Waals surface area (Å²) in [5.74, 6) is 0.0751. The van der Waals surface area contributed by atoms with Crippen LogP contribution in [0.15, 0.2) is 0 Å². The fourth-order valence-electron chi connectivity index (χ4n) is 3.78. The fraction of sp³-hybridized carbons (Fsp3) is 0.923. The molecule has 2 atom stereocenters. The molecule has 2 unspecified atom stereocenters. The first-order chi connectivity index (χ1) is 8.95. The molecule has 0 aromatic rings. The average molecular weight is 287 g/mol. The van der Waals surface area contributed by atoms with Crippen molar-refractivity contribution in [3.8, 4) is 0 Å². The fourth-order valence-corrected chi connectivity index (χ4v) is 6.18. The summed E-state index contributed by atoms with van der Waals surface area (Å²) < 4.78 is 26.6. The SMILES string of the molecule is O=C(O)CC1CC2CCC(C1)N2S(=O)(=O)CC1CC1. The van der Waals surface area contributed by atoms with Gasteiger partial charge in [0.25, 0.3) is 0 Å². The molecule has 0 spiro atoms. The highest BCUT2D eigenvalue weighted by Gasteiger charge is 2.47. The Morgan fingerprint density at radius 3 is 2.11 bits per heavy atom. The lowest BCUT2D eigenvalue weighted by Gasteiger charge is -2.37. The maximum Gasteiger partial charge on any atom is 0.303 e. The molecule has 1 N–H and O–H groups in total. The third-order valence-electron chi connectivity index (χ3n) is 4.69. The van der Waals surface area contributed by atoms with Crippen LogP contribution in [0.1, 0.15) is 44.9 Å². The van der Waals surface area contributed by atoms with Gasteiger partial charge in [-0.05, 0) is 50.4 Å². The molecule has 0 radical (unpaired) electrons. The van der Waals surface area contributed by atoms with Crippen LogP contribution in [0, 0.1) is 11.8 Å². The maximum atomic E-state index is 12.4. The minimum Gasteiger partial charge on any atom is -0.481 e. The van der Waals surface area contributed by atoms with E-state index in [1.165, 1.54) is 0 Å². The summed E-state index contributed by atoms with van der Waals surface area (Å²) in [4.78, 5) is 10.8. The molecule has 6 heteroatoms. The maximum absolute atomic E-state index is 12.4. The first-order valence-electron chi connectivity index (χ1n) is 7.18. The summed E-state index contributed by atoms with van der Waals surface area (Å²) in [5.41, 5.74) is 0. The molecule has 0 aromatic carbocycles. The number of rotatable bonds is 5. The van der Waals surface area contributed by atoms with Crippen LogP contribution in [0.2, 0.25) is 0 Å². The van der Waals surface area contributed by atoms with E-state index in [1.54, 1.807) is 4.31 Å². The summed E-state index contributed by atoms with van der Waals surface area (Å²) >= 11 is 0. The van der Waals surface area contributed by atoms with Crippen LogP contribution < -0.4 is 0 Å². The van der Waals surface area contributed by atoms with E-state index in [9.17, 15) is 13.2 Å². The Kier molecular flexibility index (Phi) is 3.33. The number of fused-ring (bicyclic) bond motifs is 2. The molecule has 3 rings (SSSR count). The largest absolute Gasteiger partial charge is 0.481 e. The molecule has 2 bridgehead atoms. The van der Waals surface area contributed by atoms with Crippen LogP contribution in [0.25, 0.3) is 0 Å². The van der Waals surface area contributed by atoms with Gasteiger partial charge in [-0.2, -0.15) is 4.31 Å². The van der Waals surface area contributed by atoms with Gasteiger partial charge in [-0.1, -0.05) is 0 Å². The minimum absolute atomic E-state index is 0.0619. The van der Waals surface area contributed by atoms with Crippen LogP contribution in [0.5, 0.6) is 0 Å². The van der Waals surface area contributed by atoms with Crippen molar-refractivity contribution < 1.29 is 18.3 Å². The normalized spacial score (nSPS) is 35.5. The number of carboxylic acids is 1. The number of nitrogens with zero attached hydrogens (tertiary/aromatic N) is 1. The van der Waals surface area contributed by atoms with Crippen LogP contribution in [-0.2, 0) is 14.8 Å². The summed E-state index contributed by atoms with van der Waals surface area (Å²) in [6, 6.07) is 0.124. The van der Waals surface area contributed by atoms with E-state index < -0.39 is 16.0 Å². The Morgan fingerprint density at radius 1 is 1.05 bits per heavy atom. The van der Waals surface area contributed by atoms with E-state index in [4.69, 9.17) is 5.11 Å². The van der Waals surface area contributed by atoms with Crippen molar-refractivity contribution in [3.63, 3.8) is 0 Å². The smallest absolute Gasteiger partial charge is 0.303 e. The van der Waals surface area contributed by atoms with Crippen LogP contribution >= 0.6 is 0 Å². The van der Waals surface area contributed by atoms with Crippen molar-refractivity contribution in [2.45, 2.75) is 57.0 Å². The van der Waals surface area contributed by atoms with Crippen molar-refractivity contribution in [1.82, 2.24) is 4.31 Å². The number of hydrogen-bond donors (Lipinski definition) is 1. The predicted molar refractivity (Wildman–Crippen MR) is 70.1 cm³/mol. The molecule has 108 valence electrons. The lowest BCUT2D eigenvalue weighted by Crippen LogP contribution is -2.47. The summed E-state index contributed by atoms with van der Waals surface area (Å²) in [6.45, 7) is 0. The first-order valence-corrected chi connectivity index (χ1v) is 8.79. The number of sulfonamides is 1. The summed E-state index contributed by atoms with van der Waals surface area (Å²) in [6.07, 6.45) is 5.55. The zero-order valence-corrected chi connectivity index (χ0v) is 11.8. The van der Waals surface area contributed by atoms with Crippen molar-refractivity contribution in [2.24, 2.45) is 11.8 Å². The molecule has 5 nitrogen and oxygen atoms in total. The van der Waals surface area contributed by atoms with E-state index in [0.29, 0.717) is 11.7 Å². The van der Waals surface area contributed by atoms with E-state index in [2.05, 4.69) is 0 Å². The van der Waals surface area contributed by atoms with Gasteiger partial charge in [0.1, 0.15) is 0 Å².